The molecule has 1 aliphatic carbocycles. The van der Waals surface area contributed by atoms with E-state index >= 15 is 0 Å². The lowest BCUT2D eigenvalue weighted by molar-refractivity contribution is -0.0805. The van der Waals surface area contributed by atoms with E-state index in [1.165, 1.54) is 30.6 Å². The smallest absolute Gasteiger partial charge is 0.0998 e. The Bertz CT molecular complexity index is 436. The van der Waals surface area contributed by atoms with Crippen LogP contribution >= 0.6 is 15.9 Å². The van der Waals surface area contributed by atoms with Gasteiger partial charge in [0.1, 0.15) is 0 Å². The van der Waals surface area contributed by atoms with Gasteiger partial charge in [-0.05, 0) is 47.8 Å². The van der Waals surface area contributed by atoms with Crippen molar-refractivity contribution in [1.29, 1.82) is 0 Å². The Morgan fingerprint density at radius 3 is 3.28 bits per heavy atom. The first kappa shape index (κ1) is 12.6. The monoisotopic (exact) mass is 310 g/mol. The molecule has 0 N–H and O–H groups in total. The number of hydrogen-bond donors (Lipinski definition) is 0. The van der Waals surface area contributed by atoms with Gasteiger partial charge < -0.3 is 4.74 Å². The minimum Gasteiger partial charge on any atom is -0.370 e. The second kappa shape index (κ2) is 5.27. The third-order valence-corrected chi connectivity index (χ3v) is 4.39. The molecular weight excluding hydrogens is 292 g/mol. The molecule has 4 heteroatoms. The van der Waals surface area contributed by atoms with Crippen LogP contribution in [0.4, 0.5) is 0 Å². The quantitative estimate of drug-likeness (QED) is 0.840. The molecule has 1 saturated heterocycles. The van der Waals surface area contributed by atoms with Crippen LogP contribution in [0.1, 0.15) is 37.1 Å². The van der Waals surface area contributed by atoms with Crippen molar-refractivity contribution in [3.05, 3.63) is 28.0 Å². The predicted octanol–water partition coefficient (Wildman–Crippen LogP) is 2.94. The molecule has 0 amide bonds. The molecular formula is C14H19BrN2O. The summed E-state index contributed by atoms with van der Waals surface area (Å²) in [7, 11) is 0. The largest absolute Gasteiger partial charge is 0.370 e. The van der Waals surface area contributed by atoms with Crippen molar-refractivity contribution in [2.45, 2.75) is 38.3 Å². The van der Waals surface area contributed by atoms with Crippen LogP contribution in [0, 0.1) is 0 Å². The predicted molar refractivity (Wildman–Crippen MR) is 74.6 cm³/mol. The molecule has 98 valence electrons. The summed E-state index contributed by atoms with van der Waals surface area (Å²) in [6, 6.07) is 2.73. The van der Waals surface area contributed by atoms with Gasteiger partial charge in [-0.25, -0.2) is 0 Å². The number of halogens is 1. The van der Waals surface area contributed by atoms with Gasteiger partial charge in [-0.15, -0.1) is 0 Å². The molecule has 2 atom stereocenters. The number of hydrogen-bond acceptors (Lipinski definition) is 3. The van der Waals surface area contributed by atoms with Gasteiger partial charge >= 0.3 is 0 Å². The molecule has 18 heavy (non-hydrogen) atoms. The minimum atomic E-state index is 0.221. The lowest BCUT2D eigenvalue weighted by Crippen LogP contribution is -2.49. The van der Waals surface area contributed by atoms with E-state index < -0.39 is 0 Å². The topological polar surface area (TPSA) is 25.4 Å². The number of ether oxygens (including phenoxy) is 1. The molecule has 0 spiro atoms. The third-order valence-electron chi connectivity index (χ3n) is 3.96. The molecule has 1 fully saturated rings. The molecule has 1 aromatic heterocycles. The Kier molecular flexibility index (Phi) is 3.68. The van der Waals surface area contributed by atoms with Crippen LogP contribution < -0.4 is 0 Å². The summed E-state index contributed by atoms with van der Waals surface area (Å²) in [4.78, 5) is 7.13. The van der Waals surface area contributed by atoms with Gasteiger partial charge in [0, 0.05) is 34.5 Å². The minimum absolute atomic E-state index is 0.221. The number of pyridine rings is 1. The fraction of sp³-hybridized carbons (Fsp3) is 0.643. The zero-order chi connectivity index (χ0) is 12.5. The molecule has 0 saturated carbocycles. The maximum atomic E-state index is 6.04. The van der Waals surface area contributed by atoms with E-state index in [0.29, 0.717) is 6.04 Å². The summed E-state index contributed by atoms with van der Waals surface area (Å²) >= 11 is 3.52. The molecule has 2 heterocycles. The summed E-state index contributed by atoms with van der Waals surface area (Å²) in [6.07, 6.45) is 5.58. The second-order valence-electron chi connectivity index (χ2n) is 5.12. The highest BCUT2D eigenvalue weighted by atomic mass is 79.9. The number of morpholine rings is 1. The number of fused-ring (bicyclic) bond motifs is 3. The van der Waals surface area contributed by atoms with Crippen LogP contribution in [0.5, 0.6) is 0 Å². The van der Waals surface area contributed by atoms with Crippen molar-refractivity contribution in [3.63, 3.8) is 0 Å². The van der Waals surface area contributed by atoms with E-state index in [1.54, 1.807) is 0 Å². The van der Waals surface area contributed by atoms with Gasteiger partial charge in [-0.1, -0.05) is 6.92 Å². The van der Waals surface area contributed by atoms with Gasteiger partial charge in [0.15, 0.2) is 0 Å². The van der Waals surface area contributed by atoms with Crippen LogP contribution in [0.3, 0.4) is 0 Å². The first-order valence-corrected chi connectivity index (χ1v) is 7.59. The molecule has 3 nitrogen and oxygen atoms in total. The van der Waals surface area contributed by atoms with E-state index in [9.17, 15) is 0 Å². The van der Waals surface area contributed by atoms with E-state index in [-0.39, 0.29) is 6.10 Å². The fourth-order valence-corrected chi connectivity index (χ4v) is 3.53. The van der Waals surface area contributed by atoms with Gasteiger partial charge in [-0.3, -0.25) is 9.88 Å². The van der Waals surface area contributed by atoms with E-state index in [4.69, 9.17) is 4.74 Å². The Morgan fingerprint density at radius 2 is 2.44 bits per heavy atom. The molecule has 1 aromatic rings. The summed E-state index contributed by atoms with van der Waals surface area (Å²) in [6.45, 7) is 5.35. The molecule has 2 aliphatic rings. The van der Waals surface area contributed by atoms with Crippen molar-refractivity contribution in [1.82, 2.24) is 9.88 Å². The first-order chi connectivity index (χ1) is 8.79. The van der Waals surface area contributed by atoms with Gasteiger partial charge in [0.05, 0.1) is 12.7 Å². The average Bonchev–Trinajstić information content (AvgIpc) is 2.39. The van der Waals surface area contributed by atoms with Gasteiger partial charge in [0.2, 0.25) is 0 Å². The van der Waals surface area contributed by atoms with Crippen LogP contribution in [0.15, 0.2) is 16.7 Å². The van der Waals surface area contributed by atoms with Crippen molar-refractivity contribution < 1.29 is 4.74 Å². The highest BCUT2D eigenvalue weighted by molar-refractivity contribution is 9.10. The molecule has 0 bridgehead atoms. The van der Waals surface area contributed by atoms with Gasteiger partial charge in [0.25, 0.3) is 0 Å². The first-order valence-electron chi connectivity index (χ1n) is 6.79. The molecule has 0 aromatic carbocycles. The van der Waals surface area contributed by atoms with Crippen LogP contribution in [0.25, 0.3) is 0 Å². The number of aryl methyl sites for hydroxylation is 1. The van der Waals surface area contributed by atoms with E-state index in [2.05, 4.69) is 38.8 Å². The fourth-order valence-electron chi connectivity index (χ4n) is 3.18. The summed E-state index contributed by atoms with van der Waals surface area (Å²) < 4.78 is 7.09. The SMILES string of the molecule is CCCN1CCO[C@H]2c3cc(Br)cnc3CC[C@H]21. The number of aromatic nitrogens is 1. The normalized spacial score (nSPS) is 27.7. The highest BCUT2D eigenvalue weighted by Gasteiger charge is 2.37. The maximum Gasteiger partial charge on any atom is 0.0998 e. The van der Waals surface area contributed by atoms with Crippen molar-refractivity contribution in [2.24, 2.45) is 0 Å². The molecule has 3 rings (SSSR count). The summed E-state index contributed by atoms with van der Waals surface area (Å²) in [5.74, 6) is 0. The van der Waals surface area contributed by atoms with Crippen LogP contribution in [-0.4, -0.2) is 35.6 Å². The summed E-state index contributed by atoms with van der Waals surface area (Å²) in [5, 5.41) is 0. The maximum absolute atomic E-state index is 6.04. The second-order valence-corrected chi connectivity index (χ2v) is 6.04. The van der Waals surface area contributed by atoms with E-state index in [0.717, 1.165) is 24.0 Å². The number of rotatable bonds is 2. The summed E-state index contributed by atoms with van der Waals surface area (Å²) in [5.41, 5.74) is 2.51. The third kappa shape index (κ3) is 2.22. The standard InChI is InChI=1S/C14H19BrN2O/c1-2-5-17-6-7-18-14-11-8-10(15)9-16-12(11)3-4-13(14)17/h8-9,13-14H,2-7H2,1H3/t13-,14+/m1/s1. The lowest BCUT2D eigenvalue weighted by atomic mass is 9.87. The van der Waals surface area contributed by atoms with Crippen molar-refractivity contribution in [3.8, 4) is 0 Å². The lowest BCUT2D eigenvalue weighted by Gasteiger charge is -2.44. The highest BCUT2D eigenvalue weighted by Crippen LogP contribution is 2.37. The Hall–Kier alpha value is -0.450. The number of nitrogens with zero attached hydrogens (tertiary/aromatic N) is 2. The zero-order valence-corrected chi connectivity index (χ0v) is 12.3. The Balaban J connectivity index is 1.91. The molecule has 0 unspecified atom stereocenters. The van der Waals surface area contributed by atoms with Crippen molar-refractivity contribution >= 4 is 15.9 Å². The molecule has 1 aliphatic heterocycles. The Morgan fingerprint density at radius 1 is 1.56 bits per heavy atom. The van der Waals surface area contributed by atoms with Crippen molar-refractivity contribution in [2.75, 3.05) is 19.7 Å². The Labute approximate surface area is 117 Å². The van der Waals surface area contributed by atoms with Crippen LogP contribution in [-0.2, 0) is 11.2 Å². The van der Waals surface area contributed by atoms with E-state index in [1.807, 2.05) is 6.20 Å². The van der Waals surface area contributed by atoms with Crippen LogP contribution in [0.2, 0.25) is 0 Å². The average molecular weight is 311 g/mol. The van der Waals surface area contributed by atoms with Gasteiger partial charge in [-0.2, -0.15) is 0 Å². The molecule has 0 radical (unpaired) electrons. The zero-order valence-electron chi connectivity index (χ0n) is 10.7.